The Morgan fingerprint density at radius 3 is 2.62 bits per heavy atom. The number of halogens is 1. The van der Waals surface area contributed by atoms with Gasteiger partial charge in [-0.3, -0.25) is 10.1 Å². The van der Waals surface area contributed by atoms with Gasteiger partial charge in [-0.2, -0.15) is 0 Å². The number of aliphatic hydroxyl groups is 1. The molecule has 0 saturated carbocycles. The second-order valence-corrected chi connectivity index (χ2v) is 4.94. The fourth-order valence-electron chi connectivity index (χ4n) is 1.12. The molecule has 0 unspecified atom stereocenters. The maximum atomic E-state index is 10.5. The summed E-state index contributed by atoms with van der Waals surface area (Å²) < 4.78 is 0.600. The van der Waals surface area contributed by atoms with Crippen LogP contribution < -0.4 is 5.32 Å². The molecule has 5 nitrogen and oxygen atoms in total. The van der Waals surface area contributed by atoms with Crippen molar-refractivity contribution >= 4 is 27.3 Å². The zero-order chi connectivity index (χ0) is 12.3. The number of rotatable bonds is 4. The van der Waals surface area contributed by atoms with Crippen molar-refractivity contribution in [2.24, 2.45) is 0 Å². The smallest absolute Gasteiger partial charge is 0.270 e. The van der Waals surface area contributed by atoms with E-state index in [1.807, 2.05) is 13.8 Å². The van der Waals surface area contributed by atoms with Gasteiger partial charge in [0, 0.05) is 22.3 Å². The van der Waals surface area contributed by atoms with E-state index in [0.29, 0.717) is 10.2 Å². The first kappa shape index (κ1) is 12.9. The minimum absolute atomic E-state index is 0.0271. The lowest BCUT2D eigenvalue weighted by molar-refractivity contribution is -0.384. The van der Waals surface area contributed by atoms with Crippen LogP contribution >= 0.6 is 15.9 Å². The third-order valence-electron chi connectivity index (χ3n) is 2.03. The van der Waals surface area contributed by atoms with E-state index in [0.717, 1.165) is 0 Å². The summed E-state index contributed by atoms with van der Waals surface area (Å²) in [5.41, 5.74) is 0.266. The van der Waals surface area contributed by atoms with Gasteiger partial charge in [0.2, 0.25) is 0 Å². The van der Waals surface area contributed by atoms with Crippen LogP contribution in [0.3, 0.4) is 0 Å². The van der Waals surface area contributed by atoms with Crippen LogP contribution in [0.1, 0.15) is 13.8 Å². The summed E-state index contributed by atoms with van der Waals surface area (Å²) >= 11 is 3.25. The van der Waals surface area contributed by atoms with Crippen LogP contribution in [0.15, 0.2) is 22.7 Å². The summed E-state index contributed by atoms with van der Waals surface area (Å²) in [7, 11) is 0. The molecule has 16 heavy (non-hydrogen) atoms. The molecule has 0 aliphatic heterocycles. The quantitative estimate of drug-likeness (QED) is 0.659. The van der Waals surface area contributed by atoms with E-state index in [-0.39, 0.29) is 12.3 Å². The molecule has 0 bridgehead atoms. The van der Waals surface area contributed by atoms with E-state index in [9.17, 15) is 10.1 Å². The largest absolute Gasteiger partial charge is 0.394 e. The first-order chi connectivity index (χ1) is 7.35. The highest BCUT2D eigenvalue weighted by Gasteiger charge is 2.18. The van der Waals surface area contributed by atoms with Gasteiger partial charge in [0.1, 0.15) is 0 Å². The van der Waals surface area contributed by atoms with Crippen molar-refractivity contribution in [3.63, 3.8) is 0 Å². The number of nitro groups is 1. The van der Waals surface area contributed by atoms with Gasteiger partial charge in [-0.15, -0.1) is 0 Å². The Balaban J connectivity index is 2.96. The number of nitrogens with zero attached hydrogens (tertiary/aromatic N) is 1. The second-order valence-electron chi connectivity index (χ2n) is 4.09. The minimum atomic E-state index is -0.474. The van der Waals surface area contributed by atoms with Crippen molar-refractivity contribution < 1.29 is 10.0 Å². The summed E-state index contributed by atoms with van der Waals surface area (Å²) in [6.07, 6.45) is 0. The van der Waals surface area contributed by atoms with Gasteiger partial charge in [-0.25, -0.2) is 0 Å². The van der Waals surface area contributed by atoms with Crippen LogP contribution in [0.5, 0.6) is 0 Å². The van der Waals surface area contributed by atoms with Crippen molar-refractivity contribution in [1.82, 2.24) is 0 Å². The summed E-state index contributed by atoms with van der Waals surface area (Å²) in [6, 6.07) is 4.45. The summed E-state index contributed by atoms with van der Waals surface area (Å²) in [5, 5.41) is 22.7. The second kappa shape index (κ2) is 4.80. The average Bonchev–Trinajstić information content (AvgIpc) is 2.20. The van der Waals surface area contributed by atoms with Crippen LogP contribution in [0.2, 0.25) is 0 Å². The molecule has 0 saturated heterocycles. The first-order valence-corrected chi connectivity index (χ1v) is 5.48. The number of anilines is 1. The third-order valence-corrected chi connectivity index (χ3v) is 2.69. The third kappa shape index (κ3) is 3.18. The molecule has 0 aliphatic rings. The topological polar surface area (TPSA) is 75.4 Å². The van der Waals surface area contributed by atoms with E-state index in [2.05, 4.69) is 21.2 Å². The summed E-state index contributed by atoms with van der Waals surface area (Å²) in [5.74, 6) is 0. The SMILES string of the molecule is CC(C)(CO)Nc1ccc([N+](=O)[O-])cc1Br. The number of aliphatic hydroxyl groups excluding tert-OH is 1. The van der Waals surface area contributed by atoms with E-state index >= 15 is 0 Å². The lowest BCUT2D eigenvalue weighted by Gasteiger charge is -2.25. The Bertz CT molecular complexity index is 407. The minimum Gasteiger partial charge on any atom is -0.394 e. The highest BCUT2D eigenvalue weighted by Crippen LogP contribution is 2.29. The Labute approximate surface area is 102 Å². The molecule has 0 aliphatic carbocycles. The number of benzene rings is 1. The number of nitrogens with one attached hydrogen (secondary N) is 1. The monoisotopic (exact) mass is 288 g/mol. The molecule has 0 spiro atoms. The van der Waals surface area contributed by atoms with E-state index in [1.165, 1.54) is 12.1 Å². The molecule has 88 valence electrons. The number of hydrogen-bond donors (Lipinski definition) is 2. The predicted octanol–water partition coefficient (Wildman–Crippen LogP) is 2.54. The highest BCUT2D eigenvalue weighted by molar-refractivity contribution is 9.10. The molecule has 0 amide bonds. The summed E-state index contributed by atoms with van der Waals surface area (Å²) in [4.78, 5) is 10.1. The van der Waals surface area contributed by atoms with E-state index in [1.54, 1.807) is 6.07 Å². The normalized spacial score (nSPS) is 11.2. The van der Waals surface area contributed by atoms with Crippen LogP contribution in [0.25, 0.3) is 0 Å². The molecule has 0 radical (unpaired) electrons. The Morgan fingerprint density at radius 2 is 2.19 bits per heavy atom. The molecule has 0 heterocycles. The predicted molar refractivity (Wildman–Crippen MR) is 65.6 cm³/mol. The zero-order valence-corrected chi connectivity index (χ0v) is 10.6. The Hall–Kier alpha value is -1.14. The van der Waals surface area contributed by atoms with Gasteiger partial charge >= 0.3 is 0 Å². The molecule has 1 aromatic rings. The van der Waals surface area contributed by atoms with Crippen molar-refractivity contribution in [2.75, 3.05) is 11.9 Å². The van der Waals surface area contributed by atoms with Gasteiger partial charge in [-0.1, -0.05) is 0 Å². The van der Waals surface area contributed by atoms with Crippen LogP contribution in [-0.4, -0.2) is 22.2 Å². The molecule has 0 fully saturated rings. The van der Waals surface area contributed by atoms with Gasteiger partial charge in [-0.05, 0) is 35.8 Å². The van der Waals surface area contributed by atoms with Gasteiger partial charge < -0.3 is 10.4 Å². The highest BCUT2D eigenvalue weighted by atomic mass is 79.9. The fraction of sp³-hybridized carbons (Fsp3) is 0.400. The first-order valence-electron chi connectivity index (χ1n) is 4.69. The van der Waals surface area contributed by atoms with Crippen molar-refractivity contribution in [2.45, 2.75) is 19.4 Å². The number of non-ortho nitro benzene ring substituents is 1. The van der Waals surface area contributed by atoms with E-state index in [4.69, 9.17) is 5.11 Å². The average molecular weight is 289 g/mol. The van der Waals surface area contributed by atoms with Crippen molar-refractivity contribution in [3.8, 4) is 0 Å². The maximum absolute atomic E-state index is 10.5. The van der Waals surface area contributed by atoms with Crippen LogP contribution in [-0.2, 0) is 0 Å². The number of hydrogen-bond acceptors (Lipinski definition) is 4. The zero-order valence-electron chi connectivity index (χ0n) is 9.03. The lowest BCUT2D eigenvalue weighted by atomic mass is 10.1. The van der Waals surface area contributed by atoms with Crippen LogP contribution in [0, 0.1) is 10.1 Å². The van der Waals surface area contributed by atoms with Gasteiger partial charge in [0.25, 0.3) is 5.69 Å². The Morgan fingerprint density at radius 1 is 1.56 bits per heavy atom. The summed E-state index contributed by atoms with van der Waals surface area (Å²) in [6.45, 7) is 3.64. The molecule has 6 heteroatoms. The van der Waals surface area contributed by atoms with Gasteiger partial charge in [0.15, 0.2) is 0 Å². The molecular formula is C10H13BrN2O3. The lowest BCUT2D eigenvalue weighted by Crippen LogP contribution is -2.35. The fourth-order valence-corrected chi connectivity index (χ4v) is 1.59. The standard InChI is InChI=1S/C10H13BrN2O3/c1-10(2,6-14)12-9-4-3-7(13(15)16)5-8(9)11/h3-5,12,14H,6H2,1-2H3. The molecular weight excluding hydrogens is 276 g/mol. The van der Waals surface area contributed by atoms with E-state index < -0.39 is 10.5 Å². The van der Waals surface area contributed by atoms with Gasteiger partial charge in [0.05, 0.1) is 17.1 Å². The molecule has 1 aromatic carbocycles. The molecule has 2 N–H and O–H groups in total. The molecule has 0 atom stereocenters. The van der Waals surface area contributed by atoms with Crippen molar-refractivity contribution in [3.05, 3.63) is 32.8 Å². The Kier molecular flexibility index (Phi) is 3.88. The maximum Gasteiger partial charge on any atom is 0.270 e. The number of nitro benzene ring substituents is 1. The molecule has 1 rings (SSSR count). The van der Waals surface area contributed by atoms with Crippen LogP contribution in [0.4, 0.5) is 11.4 Å². The van der Waals surface area contributed by atoms with Crippen molar-refractivity contribution in [1.29, 1.82) is 0 Å². The molecule has 0 aromatic heterocycles.